The van der Waals surface area contributed by atoms with Crippen molar-refractivity contribution in [2.24, 2.45) is 32.7 Å². The first-order valence-corrected chi connectivity index (χ1v) is 10.7. The number of fused-ring (bicyclic) bond motifs is 4. The third-order valence-corrected chi connectivity index (χ3v) is 10.3. The Hall–Kier alpha value is -0.910. The van der Waals surface area contributed by atoms with Crippen molar-refractivity contribution in [3.8, 4) is 0 Å². The zero-order chi connectivity index (χ0) is 19.2. The Morgan fingerprint density at radius 1 is 1.19 bits per heavy atom. The van der Waals surface area contributed by atoms with Gasteiger partial charge in [0, 0.05) is 16.2 Å². The first kappa shape index (κ1) is 18.5. The maximum atomic E-state index is 13.0. The van der Waals surface area contributed by atoms with E-state index in [-0.39, 0.29) is 16.8 Å². The first-order valence-electron chi connectivity index (χ1n) is 9.57. The van der Waals surface area contributed by atoms with Crippen LogP contribution in [0.3, 0.4) is 0 Å². The molecule has 26 heavy (non-hydrogen) atoms. The molecule has 0 spiro atoms. The third-order valence-electron chi connectivity index (χ3n) is 9.16. The molecule has 5 atom stereocenters. The second-order valence-corrected chi connectivity index (χ2v) is 10.5. The molecule has 4 bridgehead atoms. The zero-order valence-electron chi connectivity index (χ0n) is 16.3. The van der Waals surface area contributed by atoms with Gasteiger partial charge in [0.1, 0.15) is 0 Å². The monoisotopic (exact) mass is 425 g/mol. The Morgan fingerprint density at radius 2 is 1.88 bits per heavy atom. The van der Waals surface area contributed by atoms with E-state index in [1.807, 2.05) is 20.8 Å². The molecule has 0 radical (unpaired) electrons. The number of carbonyl (C=O) groups excluding carboxylic acids is 2. The van der Waals surface area contributed by atoms with E-state index in [2.05, 4.69) is 34.9 Å². The predicted octanol–water partition coefficient (Wildman–Crippen LogP) is 4.23. The number of alkyl halides is 1. The molecular formula is C20H28BrNO4. The number of halogens is 1. The van der Waals surface area contributed by atoms with Gasteiger partial charge in [-0.3, -0.25) is 4.79 Å². The van der Waals surface area contributed by atoms with Gasteiger partial charge in [-0.2, -0.15) is 0 Å². The van der Waals surface area contributed by atoms with E-state index in [4.69, 9.17) is 9.57 Å². The Balaban J connectivity index is 1.60. The number of ether oxygens (including phenoxy) is 1. The van der Waals surface area contributed by atoms with E-state index in [1.54, 1.807) is 0 Å². The van der Waals surface area contributed by atoms with Crippen molar-refractivity contribution in [2.45, 2.75) is 72.3 Å². The van der Waals surface area contributed by atoms with Crippen molar-refractivity contribution in [1.82, 2.24) is 0 Å². The fourth-order valence-electron chi connectivity index (χ4n) is 6.04. The minimum absolute atomic E-state index is 0.0504. The molecule has 3 aliphatic carbocycles. The average molecular weight is 426 g/mol. The second-order valence-electron chi connectivity index (χ2n) is 9.91. The summed E-state index contributed by atoms with van der Waals surface area (Å²) in [6.07, 6.45) is 4.29. The molecule has 4 fully saturated rings. The Labute approximate surface area is 163 Å². The number of hydrogen-bond acceptors (Lipinski definition) is 5. The highest BCUT2D eigenvalue weighted by atomic mass is 79.9. The van der Waals surface area contributed by atoms with Crippen LogP contribution in [0.4, 0.5) is 0 Å². The summed E-state index contributed by atoms with van der Waals surface area (Å²) < 4.78 is 5.60. The lowest BCUT2D eigenvalue weighted by Crippen LogP contribution is -2.48. The number of esters is 1. The van der Waals surface area contributed by atoms with Crippen LogP contribution in [0.25, 0.3) is 0 Å². The van der Waals surface area contributed by atoms with Crippen molar-refractivity contribution in [3.05, 3.63) is 0 Å². The van der Waals surface area contributed by atoms with Crippen molar-refractivity contribution >= 4 is 33.6 Å². The van der Waals surface area contributed by atoms with Gasteiger partial charge in [-0.1, -0.05) is 48.8 Å². The summed E-state index contributed by atoms with van der Waals surface area (Å²) in [5.41, 5.74) is -1.38. The van der Waals surface area contributed by atoms with E-state index in [9.17, 15) is 9.59 Å². The largest absolute Gasteiger partial charge is 0.446 e. The minimum atomic E-state index is -1.21. The number of hydrogen-bond donors (Lipinski definition) is 0. The van der Waals surface area contributed by atoms with Gasteiger partial charge in [0.15, 0.2) is 0 Å². The highest BCUT2D eigenvalue weighted by Gasteiger charge is 2.76. The molecule has 3 saturated carbocycles. The molecule has 0 aromatic rings. The quantitative estimate of drug-likeness (QED) is 0.293. The molecule has 144 valence electrons. The lowest BCUT2D eigenvalue weighted by molar-refractivity contribution is -0.183. The van der Waals surface area contributed by atoms with E-state index in [0.717, 1.165) is 23.9 Å². The predicted molar refractivity (Wildman–Crippen MR) is 101 cm³/mol. The highest BCUT2D eigenvalue weighted by Crippen LogP contribution is 2.67. The van der Waals surface area contributed by atoms with Gasteiger partial charge >= 0.3 is 11.9 Å². The van der Waals surface area contributed by atoms with Gasteiger partial charge in [-0.05, 0) is 50.4 Å². The lowest BCUT2D eigenvalue weighted by Gasteiger charge is -2.36. The SMILES string of the molecule is CC12CCC(C(=O)O/N=C3\CC4CCC3(C)C4(C)CBr)(OC1=O)C2(C)C. The van der Waals surface area contributed by atoms with Crippen LogP contribution in [-0.2, 0) is 19.2 Å². The zero-order valence-corrected chi connectivity index (χ0v) is 17.9. The van der Waals surface area contributed by atoms with E-state index in [0.29, 0.717) is 18.8 Å². The molecule has 5 unspecified atom stereocenters. The summed E-state index contributed by atoms with van der Waals surface area (Å²) in [6.45, 7) is 10.3. The van der Waals surface area contributed by atoms with Crippen molar-refractivity contribution in [2.75, 3.05) is 5.33 Å². The lowest BCUT2D eigenvalue weighted by atomic mass is 9.66. The van der Waals surface area contributed by atoms with Gasteiger partial charge in [0.2, 0.25) is 5.60 Å². The average Bonchev–Trinajstić information content (AvgIpc) is 3.11. The van der Waals surface area contributed by atoms with Crippen LogP contribution in [0.15, 0.2) is 5.16 Å². The molecule has 0 N–H and O–H groups in total. The van der Waals surface area contributed by atoms with Crippen molar-refractivity contribution < 1.29 is 19.2 Å². The smallest absolute Gasteiger partial charge is 0.378 e. The van der Waals surface area contributed by atoms with Crippen molar-refractivity contribution in [3.63, 3.8) is 0 Å². The van der Waals surface area contributed by atoms with Crippen LogP contribution in [0.1, 0.15) is 66.7 Å². The highest BCUT2D eigenvalue weighted by molar-refractivity contribution is 9.09. The summed E-state index contributed by atoms with van der Waals surface area (Å²) in [6, 6.07) is 0. The Morgan fingerprint density at radius 3 is 2.38 bits per heavy atom. The summed E-state index contributed by atoms with van der Waals surface area (Å²) in [5.74, 6) is -0.244. The molecule has 6 heteroatoms. The Bertz CT molecular complexity index is 733. The van der Waals surface area contributed by atoms with Gasteiger partial charge in [-0.25, -0.2) is 4.79 Å². The Kier molecular flexibility index (Phi) is 3.63. The van der Waals surface area contributed by atoms with Crippen LogP contribution < -0.4 is 0 Å². The third kappa shape index (κ3) is 1.76. The molecule has 5 nitrogen and oxygen atoms in total. The van der Waals surface area contributed by atoms with Gasteiger partial charge in [-0.15, -0.1) is 0 Å². The number of carbonyl (C=O) groups is 2. The fraction of sp³-hybridized carbons (Fsp3) is 0.850. The maximum Gasteiger partial charge on any atom is 0.378 e. The molecule has 1 aliphatic heterocycles. The summed E-state index contributed by atoms with van der Waals surface area (Å²) in [4.78, 5) is 30.8. The van der Waals surface area contributed by atoms with Crippen LogP contribution in [0.5, 0.6) is 0 Å². The van der Waals surface area contributed by atoms with Gasteiger partial charge < -0.3 is 9.57 Å². The maximum absolute atomic E-state index is 13.0. The van der Waals surface area contributed by atoms with Crippen LogP contribution in [0, 0.1) is 27.6 Å². The van der Waals surface area contributed by atoms with Crippen LogP contribution in [0.2, 0.25) is 0 Å². The standard InChI is InChI=1S/C20H28BrNO4/c1-16(2)18(4)8-9-20(16,25-14(18)23)15(24)26-22-13-10-12-6-7-17(13,3)19(12,5)11-21/h12H,6-11H2,1-5H3/b22-13+. The molecule has 0 aromatic carbocycles. The fourth-order valence-corrected chi connectivity index (χ4v) is 7.12. The number of nitrogens with zero attached hydrogens (tertiary/aromatic N) is 1. The molecule has 1 heterocycles. The van der Waals surface area contributed by atoms with E-state index in [1.165, 1.54) is 6.42 Å². The molecule has 4 rings (SSSR count). The number of oxime groups is 1. The summed E-state index contributed by atoms with van der Waals surface area (Å²) in [7, 11) is 0. The molecule has 1 saturated heterocycles. The van der Waals surface area contributed by atoms with Crippen LogP contribution >= 0.6 is 15.9 Å². The topological polar surface area (TPSA) is 65.0 Å². The minimum Gasteiger partial charge on any atom is -0.446 e. The van der Waals surface area contributed by atoms with E-state index < -0.39 is 22.4 Å². The molecule has 0 amide bonds. The van der Waals surface area contributed by atoms with Crippen molar-refractivity contribution in [1.29, 1.82) is 0 Å². The van der Waals surface area contributed by atoms with Crippen LogP contribution in [-0.4, -0.2) is 28.6 Å². The first-order chi connectivity index (χ1) is 12.0. The van der Waals surface area contributed by atoms with Gasteiger partial charge in [0.05, 0.1) is 11.1 Å². The molecular weight excluding hydrogens is 398 g/mol. The van der Waals surface area contributed by atoms with E-state index >= 15 is 0 Å². The normalized spacial score (nSPS) is 49.7. The molecule has 0 aromatic heterocycles. The summed E-state index contributed by atoms with van der Waals surface area (Å²) in [5, 5.41) is 5.26. The second kappa shape index (κ2) is 5.12. The number of rotatable bonds is 3. The van der Waals surface area contributed by atoms with Gasteiger partial charge in [0.25, 0.3) is 0 Å². The summed E-state index contributed by atoms with van der Waals surface area (Å²) >= 11 is 3.68. The molecule has 4 aliphatic rings.